The molecule has 1 heterocycles. The van der Waals surface area contributed by atoms with Gasteiger partial charge in [-0.15, -0.1) is 11.3 Å². The maximum absolute atomic E-state index is 13.7. The Morgan fingerprint density at radius 2 is 2.15 bits per heavy atom. The smallest absolute Gasteiger partial charge is 0.341 e. The van der Waals surface area contributed by atoms with Gasteiger partial charge in [-0.05, 0) is 17.5 Å². The van der Waals surface area contributed by atoms with Gasteiger partial charge in [-0.1, -0.05) is 6.07 Å². The van der Waals surface area contributed by atoms with Gasteiger partial charge >= 0.3 is 11.7 Å². The number of halogens is 2. The fourth-order valence-electron chi connectivity index (χ4n) is 1.47. The van der Waals surface area contributed by atoms with Crippen molar-refractivity contribution in [3.8, 4) is 0 Å². The maximum Gasteiger partial charge on any atom is 0.341 e. The van der Waals surface area contributed by atoms with Gasteiger partial charge in [0.2, 0.25) is 5.82 Å². The highest BCUT2D eigenvalue weighted by Crippen LogP contribution is 2.23. The Balaban J connectivity index is 2.23. The van der Waals surface area contributed by atoms with Crippen LogP contribution in [0.15, 0.2) is 29.6 Å². The van der Waals surface area contributed by atoms with Crippen LogP contribution in [0.3, 0.4) is 0 Å². The van der Waals surface area contributed by atoms with E-state index in [0.29, 0.717) is 17.0 Å². The number of hydrogen-bond acceptors (Lipinski definition) is 5. The number of nitro groups is 1. The van der Waals surface area contributed by atoms with Crippen molar-refractivity contribution in [3.05, 3.63) is 61.8 Å². The molecule has 0 radical (unpaired) electrons. The van der Waals surface area contributed by atoms with Crippen LogP contribution in [0.4, 0.5) is 14.5 Å². The minimum Gasteiger partial charge on any atom is -0.456 e. The molecular formula is C12H7F2NO4S. The second-order valence-corrected chi connectivity index (χ2v) is 4.73. The van der Waals surface area contributed by atoms with E-state index < -0.39 is 33.8 Å². The second-order valence-electron chi connectivity index (χ2n) is 3.70. The number of nitro benzene ring substituents is 1. The first kappa shape index (κ1) is 14.1. The molecule has 0 aliphatic rings. The minimum atomic E-state index is -1.41. The molecule has 104 valence electrons. The lowest BCUT2D eigenvalue weighted by molar-refractivity contribution is -0.387. The zero-order valence-corrected chi connectivity index (χ0v) is 10.7. The largest absolute Gasteiger partial charge is 0.456 e. The van der Waals surface area contributed by atoms with Gasteiger partial charge < -0.3 is 4.74 Å². The Morgan fingerprint density at radius 3 is 2.75 bits per heavy atom. The summed E-state index contributed by atoms with van der Waals surface area (Å²) in [6.07, 6.45) is 0. The number of hydrogen-bond donors (Lipinski definition) is 0. The van der Waals surface area contributed by atoms with Gasteiger partial charge in [-0.2, -0.15) is 4.39 Å². The van der Waals surface area contributed by atoms with E-state index in [1.807, 2.05) is 0 Å². The number of benzene rings is 1. The fourth-order valence-corrected chi connectivity index (χ4v) is 2.08. The number of ether oxygens (including phenoxy) is 1. The first-order valence-corrected chi connectivity index (χ1v) is 6.20. The molecule has 0 aliphatic carbocycles. The Kier molecular flexibility index (Phi) is 4.04. The van der Waals surface area contributed by atoms with Gasteiger partial charge in [0, 0.05) is 4.88 Å². The summed E-state index contributed by atoms with van der Waals surface area (Å²) < 4.78 is 31.7. The highest BCUT2D eigenvalue weighted by atomic mass is 32.1. The number of esters is 1. The third-order valence-electron chi connectivity index (χ3n) is 2.36. The Hall–Kier alpha value is -2.35. The first-order valence-electron chi connectivity index (χ1n) is 5.32. The predicted octanol–water partition coefficient (Wildman–Crippen LogP) is 3.29. The van der Waals surface area contributed by atoms with Crippen LogP contribution in [-0.4, -0.2) is 10.9 Å². The normalized spacial score (nSPS) is 10.3. The number of thiophene rings is 1. The Morgan fingerprint density at radius 1 is 1.40 bits per heavy atom. The summed E-state index contributed by atoms with van der Waals surface area (Å²) >= 11 is 1.32. The highest BCUT2D eigenvalue weighted by molar-refractivity contribution is 7.09. The molecule has 0 N–H and O–H groups in total. The molecule has 0 fully saturated rings. The number of carbonyl (C=O) groups excluding carboxylic acids is 1. The third-order valence-corrected chi connectivity index (χ3v) is 3.21. The van der Waals surface area contributed by atoms with Crippen molar-refractivity contribution in [3.63, 3.8) is 0 Å². The standard InChI is InChI=1S/C12H7F2NO4S/c13-7-4-9(11(14)10(5-7)15(17)18)12(16)19-6-8-2-1-3-20-8/h1-5H,6H2. The van der Waals surface area contributed by atoms with E-state index in [0.717, 1.165) is 0 Å². The van der Waals surface area contributed by atoms with Crippen LogP contribution in [0.2, 0.25) is 0 Å². The molecule has 0 atom stereocenters. The lowest BCUT2D eigenvalue weighted by Crippen LogP contribution is -2.09. The van der Waals surface area contributed by atoms with Crippen molar-refractivity contribution in [1.29, 1.82) is 0 Å². The van der Waals surface area contributed by atoms with E-state index in [-0.39, 0.29) is 6.61 Å². The fraction of sp³-hybridized carbons (Fsp3) is 0.0833. The van der Waals surface area contributed by atoms with E-state index in [4.69, 9.17) is 4.74 Å². The average Bonchev–Trinajstić information content (AvgIpc) is 2.91. The van der Waals surface area contributed by atoms with Crippen molar-refractivity contribution in [2.24, 2.45) is 0 Å². The SMILES string of the molecule is O=C(OCc1cccs1)c1cc(F)cc([N+](=O)[O-])c1F. The van der Waals surface area contributed by atoms with Crippen molar-refractivity contribution in [2.75, 3.05) is 0 Å². The predicted molar refractivity (Wildman–Crippen MR) is 66.5 cm³/mol. The van der Waals surface area contributed by atoms with Crippen LogP contribution in [0.5, 0.6) is 0 Å². The Bertz CT molecular complexity index is 658. The quantitative estimate of drug-likeness (QED) is 0.493. The molecule has 0 saturated carbocycles. The van der Waals surface area contributed by atoms with E-state index >= 15 is 0 Å². The van der Waals surface area contributed by atoms with Gasteiger partial charge in [0.1, 0.15) is 18.0 Å². The second kappa shape index (κ2) is 5.74. The van der Waals surface area contributed by atoms with E-state index in [1.165, 1.54) is 11.3 Å². The molecule has 2 aromatic rings. The van der Waals surface area contributed by atoms with Crippen molar-refractivity contribution in [1.82, 2.24) is 0 Å². The van der Waals surface area contributed by atoms with Crippen molar-refractivity contribution in [2.45, 2.75) is 6.61 Å². The van der Waals surface area contributed by atoms with Crippen molar-refractivity contribution < 1.29 is 23.2 Å². The van der Waals surface area contributed by atoms with Gasteiger partial charge in [-0.3, -0.25) is 10.1 Å². The molecule has 20 heavy (non-hydrogen) atoms. The van der Waals surface area contributed by atoms with Gasteiger partial charge in [0.15, 0.2) is 0 Å². The molecule has 0 bridgehead atoms. The average molecular weight is 299 g/mol. The number of rotatable bonds is 4. The molecule has 0 spiro atoms. The molecule has 1 aromatic heterocycles. The summed E-state index contributed by atoms with van der Waals surface area (Å²) in [5.74, 6) is -3.65. The van der Waals surface area contributed by atoms with E-state index in [9.17, 15) is 23.7 Å². The highest BCUT2D eigenvalue weighted by Gasteiger charge is 2.25. The van der Waals surface area contributed by atoms with Crippen LogP contribution in [-0.2, 0) is 11.3 Å². The lowest BCUT2D eigenvalue weighted by Gasteiger charge is -2.05. The van der Waals surface area contributed by atoms with Gasteiger partial charge in [0.25, 0.3) is 0 Å². The molecule has 0 saturated heterocycles. The number of nitrogens with zero attached hydrogens (tertiary/aromatic N) is 1. The number of carbonyl (C=O) groups is 1. The van der Waals surface area contributed by atoms with Crippen LogP contribution in [0.25, 0.3) is 0 Å². The van der Waals surface area contributed by atoms with Crippen LogP contribution in [0, 0.1) is 21.7 Å². The summed E-state index contributed by atoms with van der Waals surface area (Å²) in [6, 6.07) is 4.41. The monoisotopic (exact) mass is 299 g/mol. The molecule has 0 unspecified atom stereocenters. The molecule has 5 nitrogen and oxygen atoms in total. The summed E-state index contributed by atoms with van der Waals surface area (Å²) in [4.78, 5) is 21.8. The zero-order valence-electron chi connectivity index (χ0n) is 9.84. The van der Waals surface area contributed by atoms with Gasteiger partial charge in [-0.25, -0.2) is 9.18 Å². The summed E-state index contributed by atoms with van der Waals surface area (Å²) in [5.41, 5.74) is -1.90. The summed E-state index contributed by atoms with van der Waals surface area (Å²) in [6.45, 7) is -0.111. The summed E-state index contributed by atoms with van der Waals surface area (Å²) in [5, 5.41) is 12.3. The molecule has 2 rings (SSSR count). The Labute approximate surface area is 115 Å². The van der Waals surface area contributed by atoms with E-state index in [1.54, 1.807) is 17.5 Å². The molecular weight excluding hydrogens is 292 g/mol. The van der Waals surface area contributed by atoms with Crippen LogP contribution in [0.1, 0.15) is 15.2 Å². The van der Waals surface area contributed by atoms with E-state index in [2.05, 4.69) is 0 Å². The molecule has 0 amide bonds. The maximum atomic E-state index is 13.7. The first-order chi connectivity index (χ1) is 9.49. The molecule has 0 aliphatic heterocycles. The lowest BCUT2D eigenvalue weighted by atomic mass is 10.2. The van der Waals surface area contributed by atoms with Gasteiger partial charge in [0.05, 0.1) is 11.0 Å². The summed E-state index contributed by atoms with van der Waals surface area (Å²) in [7, 11) is 0. The zero-order chi connectivity index (χ0) is 14.7. The minimum absolute atomic E-state index is 0.111. The van der Waals surface area contributed by atoms with Crippen molar-refractivity contribution >= 4 is 23.0 Å². The van der Waals surface area contributed by atoms with Crippen LogP contribution >= 0.6 is 11.3 Å². The third kappa shape index (κ3) is 2.97. The molecule has 1 aromatic carbocycles. The topological polar surface area (TPSA) is 69.4 Å². The van der Waals surface area contributed by atoms with Crippen LogP contribution < -0.4 is 0 Å². The molecule has 8 heteroatoms.